The lowest BCUT2D eigenvalue weighted by Gasteiger charge is -2.20. The van der Waals surface area contributed by atoms with E-state index in [1.54, 1.807) is 23.9 Å². The Bertz CT molecular complexity index is 770. The number of carbonyl (C=O) groups is 1. The van der Waals surface area contributed by atoms with Crippen LogP contribution < -0.4 is 14.8 Å². The van der Waals surface area contributed by atoms with E-state index in [9.17, 15) is 4.79 Å². The maximum atomic E-state index is 12.0. The number of nitrogens with one attached hydrogen (secondary N) is 1. The molecule has 0 saturated heterocycles. The number of para-hydroxylation sites is 1. The maximum absolute atomic E-state index is 12.0. The zero-order chi connectivity index (χ0) is 17.6. The molecule has 1 amide bonds. The van der Waals surface area contributed by atoms with Gasteiger partial charge in [0.05, 0.1) is 15.7 Å². The van der Waals surface area contributed by atoms with Crippen molar-refractivity contribution in [2.75, 3.05) is 24.3 Å². The minimum atomic E-state index is -0.0548. The molecule has 7 heteroatoms. The fourth-order valence-electron chi connectivity index (χ4n) is 2.38. The normalized spacial score (nSPS) is 12.7. The Kier molecular flexibility index (Phi) is 6.34. The number of hydrogen-bond donors (Lipinski definition) is 1. The van der Waals surface area contributed by atoms with E-state index in [1.807, 2.05) is 24.3 Å². The lowest BCUT2D eigenvalue weighted by atomic mass is 10.2. The lowest BCUT2D eigenvalue weighted by Crippen LogP contribution is -2.15. The van der Waals surface area contributed by atoms with Gasteiger partial charge < -0.3 is 14.8 Å². The first-order valence-electron chi connectivity index (χ1n) is 7.83. The molecule has 2 aromatic carbocycles. The summed E-state index contributed by atoms with van der Waals surface area (Å²) in [5, 5.41) is 3.91. The van der Waals surface area contributed by atoms with Crippen LogP contribution in [0.2, 0.25) is 10.0 Å². The summed E-state index contributed by atoms with van der Waals surface area (Å²) in [6.07, 6.45) is 0.411. The van der Waals surface area contributed by atoms with Crippen LogP contribution in [0.25, 0.3) is 0 Å². The molecule has 0 saturated carbocycles. The zero-order valence-corrected chi connectivity index (χ0v) is 15.7. The van der Waals surface area contributed by atoms with Crippen LogP contribution in [-0.4, -0.2) is 24.9 Å². The van der Waals surface area contributed by atoms with Crippen molar-refractivity contribution in [2.45, 2.75) is 12.2 Å². The Morgan fingerprint density at radius 2 is 1.92 bits per heavy atom. The summed E-state index contributed by atoms with van der Waals surface area (Å²) in [5.41, 5.74) is 1.68. The van der Waals surface area contributed by atoms with Crippen molar-refractivity contribution in [3.8, 4) is 11.5 Å². The zero-order valence-electron chi connectivity index (χ0n) is 13.4. The van der Waals surface area contributed by atoms with E-state index in [0.29, 0.717) is 52.6 Å². The van der Waals surface area contributed by atoms with Crippen LogP contribution in [0.5, 0.6) is 11.5 Å². The molecule has 0 spiro atoms. The van der Waals surface area contributed by atoms with Gasteiger partial charge in [0.1, 0.15) is 13.2 Å². The number of halogens is 2. The molecule has 4 nitrogen and oxygen atoms in total. The van der Waals surface area contributed by atoms with Crippen LogP contribution in [0.1, 0.15) is 12.0 Å². The molecule has 0 radical (unpaired) electrons. The Hall–Kier alpha value is -1.56. The second kappa shape index (κ2) is 8.70. The largest absolute Gasteiger partial charge is 0.486 e. The number of anilines is 1. The number of amides is 1. The standard InChI is InChI=1S/C18H17Cl2NO3S/c19-13-3-1-2-4-15(13)21-17(22)5-8-25-11-12-9-14(20)18-16(10-12)23-6-7-24-18/h1-4,9-10H,5-8,11H2,(H,21,22). The molecular weight excluding hydrogens is 381 g/mol. The summed E-state index contributed by atoms with van der Waals surface area (Å²) in [6.45, 7) is 1.05. The second-order valence-corrected chi connectivity index (χ2v) is 7.35. The van der Waals surface area contributed by atoms with E-state index in [-0.39, 0.29) is 5.91 Å². The first-order valence-corrected chi connectivity index (χ1v) is 9.74. The summed E-state index contributed by atoms with van der Waals surface area (Å²) >= 11 is 13.9. The lowest BCUT2D eigenvalue weighted by molar-refractivity contribution is -0.115. The molecule has 3 rings (SSSR count). The topological polar surface area (TPSA) is 47.6 Å². The number of fused-ring (bicyclic) bond motifs is 1. The van der Waals surface area contributed by atoms with Gasteiger partial charge in [-0.2, -0.15) is 11.8 Å². The molecule has 0 aliphatic carbocycles. The summed E-state index contributed by atoms with van der Waals surface area (Å²) < 4.78 is 11.1. The summed E-state index contributed by atoms with van der Waals surface area (Å²) in [7, 11) is 0. The molecule has 1 heterocycles. The van der Waals surface area contributed by atoms with Crippen LogP contribution >= 0.6 is 35.0 Å². The minimum Gasteiger partial charge on any atom is -0.486 e. The van der Waals surface area contributed by atoms with Gasteiger partial charge in [0.25, 0.3) is 0 Å². The predicted octanol–water partition coefficient (Wildman–Crippen LogP) is 5.03. The summed E-state index contributed by atoms with van der Waals surface area (Å²) in [5.74, 6) is 2.69. The van der Waals surface area contributed by atoms with Gasteiger partial charge in [-0.15, -0.1) is 0 Å². The van der Waals surface area contributed by atoms with Crippen molar-refractivity contribution >= 4 is 46.6 Å². The number of carbonyl (C=O) groups excluding carboxylic acids is 1. The van der Waals surface area contributed by atoms with Crippen molar-refractivity contribution in [3.05, 3.63) is 52.0 Å². The molecule has 0 aromatic heterocycles. The molecule has 2 aromatic rings. The second-order valence-electron chi connectivity index (χ2n) is 5.43. The Balaban J connectivity index is 1.46. The number of hydrogen-bond acceptors (Lipinski definition) is 4. The minimum absolute atomic E-state index is 0.0548. The highest BCUT2D eigenvalue weighted by molar-refractivity contribution is 7.98. The van der Waals surface area contributed by atoms with Gasteiger partial charge in [0.2, 0.25) is 5.91 Å². The molecule has 1 aliphatic heterocycles. The maximum Gasteiger partial charge on any atom is 0.225 e. The number of ether oxygens (including phenoxy) is 2. The first-order chi connectivity index (χ1) is 12.1. The summed E-state index contributed by atoms with van der Waals surface area (Å²) in [4.78, 5) is 12.0. The van der Waals surface area contributed by atoms with Crippen molar-refractivity contribution in [3.63, 3.8) is 0 Å². The van der Waals surface area contributed by atoms with Crippen molar-refractivity contribution < 1.29 is 14.3 Å². The van der Waals surface area contributed by atoms with Crippen LogP contribution in [0.15, 0.2) is 36.4 Å². The first kappa shape index (κ1) is 18.2. The molecule has 0 fully saturated rings. The van der Waals surface area contributed by atoms with Crippen LogP contribution in [-0.2, 0) is 10.5 Å². The summed E-state index contributed by atoms with van der Waals surface area (Å²) in [6, 6.07) is 11.0. The van der Waals surface area contributed by atoms with Crippen molar-refractivity contribution in [1.82, 2.24) is 0 Å². The fraction of sp³-hybridized carbons (Fsp3) is 0.278. The molecule has 132 valence electrons. The molecule has 0 bridgehead atoms. The highest BCUT2D eigenvalue weighted by Crippen LogP contribution is 2.39. The molecule has 1 N–H and O–H groups in total. The van der Waals surface area contributed by atoms with Gasteiger partial charge in [0, 0.05) is 17.9 Å². The molecule has 1 aliphatic rings. The Morgan fingerprint density at radius 3 is 2.76 bits per heavy atom. The van der Waals surface area contributed by atoms with Gasteiger partial charge in [-0.25, -0.2) is 0 Å². The van der Waals surface area contributed by atoms with E-state index >= 15 is 0 Å². The number of benzene rings is 2. The van der Waals surface area contributed by atoms with E-state index in [0.717, 1.165) is 11.3 Å². The molecule has 25 heavy (non-hydrogen) atoms. The van der Waals surface area contributed by atoms with Crippen LogP contribution in [0.3, 0.4) is 0 Å². The molecule has 0 atom stereocenters. The average Bonchev–Trinajstić information content (AvgIpc) is 2.61. The van der Waals surface area contributed by atoms with Crippen molar-refractivity contribution in [1.29, 1.82) is 0 Å². The highest BCUT2D eigenvalue weighted by Gasteiger charge is 2.16. The number of rotatable bonds is 6. The third-order valence-corrected chi connectivity index (χ3v) is 5.19. The SMILES string of the molecule is O=C(CCSCc1cc(Cl)c2c(c1)OCCO2)Nc1ccccc1Cl. The van der Waals surface area contributed by atoms with E-state index in [1.165, 1.54) is 0 Å². The number of thioether (sulfide) groups is 1. The van der Waals surface area contributed by atoms with Crippen molar-refractivity contribution in [2.24, 2.45) is 0 Å². The Labute approximate surface area is 160 Å². The van der Waals surface area contributed by atoms with E-state index in [2.05, 4.69) is 5.32 Å². The fourth-order valence-corrected chi connectivity index (χ4v) is 3.73. The van der Waals surface area contributed by atoms with Gasteiger partial charge in [-0.1, -0.05) is 35.3 Å². The van der Waals surface area contributed by atoms with Gasteiger partial charge in [-0.3, -0.25) is 4.79 Å². The quantitative estimate of drug-likeness (QED) is 0.694. The van der Waals surface area contributed by atoms with Crippen LogP contribution in [0.4, 0.5) is 5.69 Å². The third kappa shape index (κ3) is 4.97. The average molecular weight is 398 g/mol. The van der Waals surface area contributed by atoms with Gasteiger partial charge >= 0.3 is 0 Å². The smallest absolute Gasteiger partial charge is 0.225 e. The van der Waals surface area contributed by atoms with Gasteiger partial charge in [0.15, 0.2) is 11.5 Å². The Morgan fingerprint density at radius 1 is 1.12 bits per heavy atom. The molecular formula is C18H17Cl2NO3S. The third-order valence-electron chi connectivity index (χ3n) is 3.55. The molecule has 0 unspecified atom stereocenters. The van der Waals surface area contributed by atoms with E-state index < -0.39 is 0 Å². The predicted molar refractivity (Wildman–Crippen MR) is 103 cm³/mol. The van der Waals surface area contributed by atoms with E-state index in [4.69, 9.17) is 32.7 Å². The monoisotopic (exact) mass is 397 g/mol. The van der Waals surface area contributed by atoms with Gasteiger partial charge in [-0.05, 0) is 29.8 Å². The highest BCUT2D eigenvalue weighted by atomic mass is 35.5. The van der Waals surface area contributed by atoms with Crippen LogP contribution in [0, 0.1) is 0 Å².